The van der Waals surface area contributed by atoms with Crippen LogP contribution in [-0.4, -0.2) is 105 Å². The number of alkyl carbamates (subject to hydrolysis) is 2. The molecule has 16 nitrogen and oxygen atoms in total. The number of likely N-dealkylation sites (tertiary alicyclic amines) is 2. The Hall–Kier alpha value is -5.93. The predicted molar refractivity (Wildman–Crippen MR) is 204 cm³/mol. The molecule has 2 aromatic heterocycles. The van der Waals surface area contributed by atoms with E-state index in [2.05, 4.69) is 36.1 Å². The van der Waals surface area contributed by atoms with Crippen LogP contribution in [0, 0.1) is 11.8 Å². The first-order valence-corrected chi connectivity index (χ1v) is 18.6. The van der Waals surface area contributed by atoms with Crippen LogP contribution in [0.1, 0.15) is 65.2 Å². The van der Waals surface area contributed by atoms with Gasteiger partial charge >= 0.3 is 12.2 Å². The number of fused-ring (bicyclic) bond motifs is 1. The third-order valence-corrected chi connectivity index (χ3v) is 10.4. The Labute approximate surface area is 319 Å². The van der Waals surface area contributed by atoms with Gasteiger partial charge in [0.25, 0.3) is 0 Å². The number of nitrogens with zero attached hydrogens (tertiary/aromatic N) is 4. The second-order valence-electron chi connectivity index (χ2n) is 14.7. The van der Waals surface area contributed by atoms with Crippen molar-refractivity contribution in [3.8, 4) is 22.4 Å². The van der Waals surface area contributed by atoms with Crippen LogP contribution in [0.15, 0.2) is 48.7 Å². The summed E-state index contributed by atoms with van der Waals surface area (Å²) in [4.78, 5) is 75.9. The maximum Gasteiger partial charge on any atom is 0.407 e. The van der Waals surface area contributed by atoms with Gasteiger partial charge in [-0.1, -0.05) is 58.0 Å². The van der Waals surface area contributed by atoms with E-state index in [1.54, 1.807) is 11.1 Å². The topological polar surface area (TPSA) is 204 Å². The molecule has 4 atom stereocenters. The molecule has 292 valence electrons. The molecular weight excluding hydrogens is 706 g/mol. The summed E-state index contributed by atoms with van der Waals surface area (Å²) < 4.78 is 9.45. The van der Waals surface area contributed by atoms with Gasteiger partial charge < -0.3 is 40.2 Å². The van der Waals surface area contributed by atoms with Crippen molar-refractivity contribution in [3.05, 3.63) is 54.5 Å². The Bertz CT molecular complexity index is 2040. The minimum atomic E-state index is -0.828. The van der Waals surface area contributed by atoms with Gasteiger partial charge in [-0.2, -0.15) is 5.10 Å². The van der Waals surface area contributed by atoms with Gasteiger partial charge in [0.05, 0.1) is 37.7 Å². The average molecular weight is 756 g/mol. The van der Waals surface area contributed by atoms with Crippen molar-refractivity contribution in [2.75, 3.05) is 32.6 Å². The lowest BCUT2D eigenvalue weighted by molar-refractivity contribution is -0.139. The second kappa shape index (κ2) is 16.6. The number of H-pyrrole nitrogens is 2. The van der Waals surface area contributed by atoms with Gasteiger partial charge in [-0.25, -0.2) is 14.6 Å². The van der Waals surface area contributed by atoms with E-state index in [0.717, 1.165) is 40.7 Å². The highest BCUT2D eigenvalue weighted by molar-refractivity contribution is 6.04. The summed E-state index contributed by atoms with van der Waals surface area (Å²) in [6, 6.07) is 11.3. The highest BCUT2D eigenvalue weighted by atomic mass is 16.5. The van der Waals surface area contributed by atoms with Crippen molar-refractivity contribution in [3.63, 3.8) is 0 Å². The molecule has 5 N–H and O–H groups in total. The monoisotopic (exact) mass is 755 g/mol. The van der Waals surface area contributed by atoms with Crippen LogP contribution >= 0.6 is 0 Å². The SMILES string of the molecule is COC(=O)N[C@H](C(=O)N1CCC[C@H]1C(=O)Nc1n[nH]c2ccc(-c3ccc(-c4cnc([C@@H]5CCCN5C(=O)[C@@H](NC(=O)OC)C(C)C)[nH]4)cc3)cc12)C(C)C. The molecule has 0 radical (unpaired) electrons. The van der Waals surface area contributed by atoms with E-state index in [1.807, 2.05) is 70.2 Å². The van der Waals surface area contributed by atoms with Gasteiger partial charge in [0, 0.05) is 18.5 Å². The Morgan fingerprint density at radius 1 is 0.782 bits per heavy atom. The number of carbonyl (C=O) groups is 5. The zero-order valence-electron chi connectivity index (χ0n) is 32.0. The summed E-state index contributed by atoms with van der Waals surface area (Å²) in [5.41, 5.74) is 4.32. The number of ether oxygens (including phenoxy) is 2. The molecule has 2 aromatic carbocycles. The van der Waals surface area contributed by atoms with Crippen molar-refractivity contribution in [1.29, 1.82) is 0 Å². The second-order valence-corrected chi connectivity index (χ2v) is 14.7. The van der Waals surface area contributed by atoms with Gasteiger partial charge in [0.1, 0.15) is 23.9 Å². The predicted octanol–water partition coefficient (Wildman–Crippen LogP) is 4.97. The quantitative estimate of drug-likeness (QED) is 0.140. The van der Waals surface area contributed by atoms with Crippen molar-refractivity contribution in [2.24, 2.45) is 11.8 Å². The molecule has 55 heavy (non-hydrogen) atoms. The molecule has 2 aliphatic rings. The minimum absolute atomic E-state index is 0.125. The lowest BCUT2D eigenvalue weighted by atomic mass is 10.0. The highest BCUT2D eigenvalue weighted by Crippen LogP contribution is 2.34. The molecule has 0 spiro atoms. The number of amides is 5. The maximum atomic E-state index is 13.6. The van der Waals surface area contributed by atoms with Crippen LogP contribution in [0.25, 0.3) is 33.3 Å². The number of rotatable bonds is 11. The molecule has 4 heterocycles. The van der Waals surface area contributed by atoms with Crippen LogP contribution in [0.4, 0.5) is 15.4 Å². The van der Waals surface area contributed by atoms with Gasteiger partial charge in [0.15, 0.2) is 5.82 Å². The lowest BCUT2D eigenvalue weighted by Gasteiger charge is -2.30. The zero-order valence-corrected chi connectivity index (χ0v) is 32.0. The van der Waals surface area contributed by atoms with E-state index in [4.69, 9.17) is 9.47 Å². The van der Waals surface area contributed by atoms with Crippen LogP contribution < -0.4 is 16.0 Å². The fraction of sp³-hybridized carbons (Fsp3) is 0.462. The molecule has 0 bridgehead atoms. The molecule has 6 rings (SSSR count). The van der Waals surface area contributed by atoms with E-state index in [9.17, 15) is 24.0 Å². The van der Waals surface area contributed by atoms with E-state index >= 15 is 0 Å². The van der Waals surface area contributed by atoms with E-state index in [0.29, 0.717) is 43.0 Å². The molecule has 5 amide bonds. The molecule has 0 aliphatic carbocycles. The zero-order chi connectivity index (χ0) is 39.4. The lowest BCUT2D eigenvalue weighted by Crippen LogP contribution is -2.54. The molecule has 2 fully saturated rings. The number of nitrogens with one attached hydrogen (secondary N) is 5. The normalized spacial score (nSPS) is 18.0. The van der Waals surface area contributed by atoms with Gasteiger partial charge in [-0.3, -0.25) is 19.5 Å². The van der Waals surface area contributed by atoms with Crippen molar-refractivity contribution >= 4 is 46.6 Å². The number of benzene rings is 2. The molecule has 16 heteroatoms. The summed E-state index contributed by atoms with van der Waals surface area (Å²) in [5, 5.41) is 16.3. The van der Waals surface area contributed by atoms with E-state index in [-0.39, 0.29) is 35.6 Å². The largest absolute Gasteiger partial charge is 0.453 e. The third kappa shape index (κ3) is 8.27. The number of hydrogen-bond donors (Lipinski definition) is 5. The van der Waals surface area contributed by atoms with Crippen molar-refractivity contribution < 1.29 is 33.4 Å². The number of aromatic amines is 2. The Kier molecular flexibility index (Phi) is 11.7. The van der Waals surface area contributed by atoms with Crippen molar-refractivity contribution in [1.82, 2.24) is 40.6 Å². The first-order valence-electron chi connectivity index (χ1n) is 18.6. The number of carbonyl (C=O) groups excluding carboxylic acids is 5. The summed E-state index contributed by atoms with van der Waals surface area (Å²) in [6.07, 6.45) is 3.14. The van der Waals surface area contributed by atoms with Gasteiger partial charge in [-0.05, 0) is 66.3 Å². The highest BCUT2D eigenvalue weighted by Gasteiger charge is 2.40. The molecule has 0 unspecified atom stereocenters. The number of imidazole rings is 1. The maximum absolute atomic E-state index is 13.6. The Balaban J connectivity index is 1.14. The smallest absolute Gasteiger partial charge is 0.407 e. The summed E-state index contributed by atoms with van der Waals surface area (Å²) in [6.45, 7) is 8.39. The Morgan fingerprint density at radius 2 is 1.36 bits per heavy atom. The van der Waals surface area contributed by atoms with Crippen LogP contribution in [0.3, 0.4) is 0 Å². The fourth-order valence-corrected chi connectivity index (χ4v) is 7.36. The fourth-order valence-electron chi connectivity index (χ4n) is 7.36. The molecule has 4 aromatic rings. The molecule has 2 saturated heterocycles. The molecule has 0 saturated carbocycles. The average Bonchev–Trinajstić information content (AvgIpc) is 4.02. The van der Waals surface area contributed by atoms with Crippen LogP contribution in [0.2, 0.25) is 0 Å². The third-order valence-electron chi connectivity index (χ3n) is 10.4. The Morgan fingerprint density at radius 3 is 2.00 bits per heavy atom. The van der Waals surface area contributed by atoms with Crippen LogP contribution in [0.5, 0.6) is 0 Å². The van der Waals surface area contributed by atoms with E-state index in [1.165, 1.54) is 19.1 Å². The number of aromatic nitrogens is 4. The van der Waals surface area contributed by atoms with Crippen molar-refractivity contribution in [2.45, 2.75) is 77.5 Å². The van der Waals surface area contributed by atoms with E-state index < -0.39 is 30.3 Å². The number of anilines is 1. The number of hydrogen-bond acceptors (Lipinski definition) is 9. The first-order chi connectivity index (χ1) is 26.4. The van der Waals surface area contributed by atoms with Crippen LogP contribution in [-0.2, 0) is 23.9 Å². The van der Waals surface area contributed by atoms with Gasteiger partial charge in [-0.15, -0.1) is 0 Å². The summed E-state index contributed by atoms with van der Waals surface area (Å²) >= 11 is 0. The minimum Gasteiger partial charge on any atom is -0.453 e. The summed E-state index contributed by atoms with van der Waals surface area (Å²) in [5.74, 6) is -0.136. The first kappa shape index (κ1) is 38.8. The molecule has 2 aliphatic heterocycles. The van der Waals surface area contributed by atoms with Gasteiger partial charge in [0.2, 0.25) is 17.7 Å². The molecular formula is C39H49N9O7. The summed E-state index contributed by atoms with van der Waals surface area (Å²) in [7, 11) is 2.52. The number of methoxy groups -OCH3 is 2. The standard InChI is InChI=1S/C39H49N9O7/c1-21(2)31(42-38(52)54-5)36(50)47-17-7-9-29(47)34-40-20-28(41-34)24-13-11-23(12-14-24)25-15-16-27-26(19-25)33(46-45-27)44-35(49)30-10-8-18-48(30)37(51)32(22(3)4)43-39(53)55-6/h11-16,19-22,29-32H,7-10,17-18H2,1-6H3,(H,40,41)(H,42,52)(H,43,53)(H2,44,45,46,49)/t29-,30-,31-,32-/m0/s1.